The average Bonchev–Trinajstić information content (AvgIpc) is 2.35. The fourth-order valence-electron chi connectivity index (χ4n) is 1.98. The summed E-state index contributed by atoms with van der Waals surface area (Å²) in [7, 11) is 0. The Morgan fingerprint density at radius 1 is 1.12 bits per heavy atom. The number of nitrogens with one attached hydrogen (secondary N) is 1. The first kappa shape index (κ1) is 14.2. The number of benzene rings is 1. The third-order valence-corrected chi connectivity index (χ3v) is 3.24. The van der Waals surface area contributed by atoms with Crippen molar-refractivity contribution in [1.82, 2.24) is 5.32 Å². The maximum absolute atomic E-state index is 5.55. The predicted molar refractivity (Wildman–Crippen MR) is 75.2 cm³/mol. The van der Waals surface area contributed by atoms with E-state index in [9.17, 15) is 0 Å². The third-order valence-electron chi connectivity index (χ3n) is 3.24. The van der Waals surface area contributed by atoms with Gasteiger partial charge in [-0.25, -0.2) is 0 Å². The van der Waals surface area contributed by atoms with Gasteiger partial charge in [0, 0.05) is 19.1 Å². The highest BCUT2D eigenvalue weighted by Crippen LogP contribution is 2.12. The van der Waals surface area contributed by atoms with E-state index in [4.69, 9.17) is 5.73 Å². The van der Waals surface area contributed by atoms with E-state index in [0.29, 0.717) is 18.5 Å². The lowest BCUT2D eigenvalue weighted by atomic mass is 9.95. The summed E-state index contributed by atoms with van der Waals surface area (Å²) in [6.07, 6.45) is 2.20. The van der Waals surface area contributed by atoms with E-state index in [-0.39, 0.29) is 0 Å². The molecule has 17 heavy (non-hydrogen) atoms. The van der Waals surface area contributed by atoms with Crippen LogP contribution in [0.15, 0.2) is 24.3 Å². The smallest absolute Gasteiger partial charge is 0.0131 e. The normalized spacial score (nSPS) is 13.0. The summed E-state index contributed by atoms with van der Waals surface area (Å²) < 4.78 is 0. The van der Waals surface area contributed by atoms with Crippen molar-refractivity contribution in [1.29, 1.82) is 0 Å². The molecule has 1 atom stereocenters. The van der Waals surface area contributed by atoms with Gasteiger partial charge in [-0.2, -0.15) is 0 Å². The summed E-state index contributed by atoms with van der Waals surface area (Å²) in [6, 6.07) is 9.48. The van der Waals surface area contributed by atoms with E-state index in [0.717, 1.165) is 19.4 Å². The highest BCUT2D eigenvalue weighted by molar-refractivity contribution is 5.23. The molecule has 0 aliphatic rings. The van der Waals surface area contributed by atoms with Gasteiger partial charge in [0.25, 0.3) is 0 Å². The van der Waals surface area contributed by atoms with Crippen molar-refractivity contribution >= 4 is 0 Å². The minimum Gasteiger partial charge on any atom is -0.329 e. The van der Waals surface area contributed by atoms with Crippen molar-refractivity contribution in [3.63, 3.8) is 0 Å². The van der Waals surface area contributed by atoms with Crippen molar-refractivity contribution in [2.45, 2.75) is 39.7 Å². The largest absolute Gasteiger partial charge is 0.329 e. The van der Waals surface area contributed by atoms with Crippen molar-refractivity contribution in [3.05, 3.63) is 35.4 Å². The van der Waals surface area contributed by atoms with Crippen LogP contribution < -0.4 is 11.1 Å². The van der Waals surface area contributed by atoms with Crippen LogP contribution in [0.1, 0.15) is 31.9 Å². The van der Waals surface area contributed by atoms with Crippen molar-refractivity contribution < 1.29 is 0 Å². The van der Waals surface area contributed by atoms with Gasteiger partial charge < -0.3 is 11.1 Å². The molecule has 0 radical (unpaired) electrons. The van der Waals surface area contributed by atoms with Crippen LogP contribution in [0.2, 0.25) is 0 Å². The summed E-state index contributed by atoms with van der Waals surface area (Å²) in [6.45, 7) is 8.31. The molecule has 0 spiro atoms. The quantitative estimate of drug-likeness (QED) is 0.760. The number of nitrogens with two attached hydrogens (primary N) is 1. The molecular formula is C15H26N2. The SMILES string of the molecule is CCc1ccc(CC(NCCN)C(C)C)cc1. The molecule has 0 aromatic heterocycles. The fourth-order valence-corrected chi connectivity index (χ4v) is 1.98. The van der Waals surface area contributed by atoms with Gasteiger partial charge in [0.2, 0.25) is 0 Å². The lowest BCUT2D eigenvalue weighted by molar-refractivity contribution is 0.401. The third kappa shape index (κ3) is 4.88. The molecule has 0 bridgehead atoms. The molecule has 0 amide bonds. The van der Waals surface area contributed by atoms with E-state index in [1.807, 2.05) is 0 Å². The molecule has 0 heterocycles. The van der Waals surface area contributed by atoms with E-state index in [1.54, 1.807) is 0 Å². The topological polar surface area (TPSA) is 38.0 Å². The predicted octanol–water partition coefficient (Wildman–Crippen LogP) is 2.36. The Morgan fingerprint density at radius 3 is 2.18 bits per heavy atom. The van der Waals surface area contributed by atoms with Crippen LogP contribution in [0.25, 0.3) is 0 Å². The Bertz CT molecular complexity index is 303. The fraction of sp³-hybridized carbons (Fsp3) is 0.600. The zero-order valence-corrected chi connectivity index (χ0v) is 11.4. The number of rotatable bonds is 7. The average molecular weight is 234 g/mol. The molecule has 96 valence electrons. The molecule has 0 saturated carbocycles. The highest BCUT2D eigenvalue weighted by Gasteiger charge is 2.12. The van der Waals surface area contributed by atoms with Gasteiger partial charge >= 0.3 is 0 Å². The Kier molecular flexibility index (Phi) is 6.23. The molecule has 1 aromatic rings. The van der Waals surface area contributed by atoms with Crippen LogP contribution in [0.3, 0.4) is 0 Å². The van der Waals surface area contributed by atoms with Crippen molar-refractivity contribution in [2.75, 3.05) is 13.1 Å². The van der Waals surface area contributed by atoms with Gasteiger partial charge in [-0.3, -0.25) is 0 Å². The summed E-state index contributed by atoms with van der Waals surface area (Å²) >= 11 is 0. The van der Waals surface area contributed by atoms with Crippen LogP contribution >= 0.6 is 0 Å². The van der Waals surface area contributed by atoms with Crippen LogP contribution in [0.5, 0.6) is 0 Å². The van der Waals surface area contributed by atoms with Crippen molar-refractivity contribution in [2.24, 2.45) is 11.7 Å². The molecule has 1 aromatic carbocycles. The van der Waals surface area contributed by atoms with Gasteiger partial charge in [-0.05, 0) is 29.9 Å². The zero-order valence-electron chi connectivity index (χ0n) is 11.4. The molecule has 2 heteroatoms. The number of aryl methyl sites for hydroxylation is 1. The molecule has 0 aliphatic heterocycles. The van der Waals surface area contributed by atoms with Gasteiger partial charge in [0.1, 0.15) is 0 Å². The minimum absolute atomic E-state index is 0.519. The molecule has 0 aliphatic carbocycles. The molecule has 2 nitrogen and oxygen atoms in total. The molecule has 1 rings (SSSR count). The summed E-state index contributed by atoms with van der Waals surface area (Å²) in [5, 5.41) is 3.52. The first-order valence-electron chi connectivity index (χ1n) is 6.68. The molecule has 1 unspecified atom stereocenters. The standard InChI is InChI=1S/C15H26N2/c1-4-13-5-7-14(8-6-13)11-15(12(2)3)17-10-9-16/h5-8,12,15,17H,4,9-11,16H2,1-3H3. The van der Waals surface area contributed by atoms with Crippen LogP contribution in [0.4, 0.5) is 0 Å². The van der Waals surface area contributed by atoms with Crippen LogP contribution in [0, 0.1) is 5.92 Å². The van der Waals surface area contributed by atoms with Crippen LogP contribution in [-0.2, 0) is 12.8 Å². The molecule has 3 N–H and O–H groups in total. The first-order chi connectivity index (χ1) is 8.17. The van der Waals surface area contributed by atoms with E-state index >= 15 is 0 Å². The summed E-state index contributed by atoms with van der Waals surface area (Å²) in [5.74, 6) is 0.632. The van der Waals surface area contributed by atoms with Gasteiger partial charge in [0.05, 0.1) is 0 Å². The van der Waals surface area contributed by atoms with Gasteiger partial charge in [0.15, 0.2) is 0 Å². The summed E-state index contributed by atoms with van der Waals surface area (Å²) in [5.41, 5.74) is 8.36. The highest BCUT2D eigenvalue weighted by atomic mass is 14.9. The van der Waals surface area contributed by atoms with Gasteiger partial charge in [-0.1, -0.05) is 45.0 Å². The Labute approximate surface area is 106 Å². The van der Waals surface area contributed by atoms with E-state index in [1.165, 1.54) is 11.1 Å². The lowest BCUT2D eigenvalue weighted by Gasteiger charge is -2.22. The van der Waals surface area contributed by atoms with Crippen LogP contribution in [-0.4, -0.2) is 19.1 Å². The first-order valence-corrected chi connectivity index (χ1v) is 6.68. The second-order valence-corrected chi connectivity index (χ2v) is 4.97. The Balaban J connectivity index is 2.58. The molecular weight excluding hydrogens is 208 g/mol. The Hall–Kier alpha value is -0.860. The van der Waals surface area contributed by atoms with Gasteiger partial charge in [-0.15, -0.1) is 0 Å². The Morgan fingerprint density at radius 2 is 1.71 bits per heavy atom. The second-order valence-electron chi connectivity index (χ2n) is 4.97. The molecule has 0 fully saturated rings. The molecule has 0 saturated heterocycles. The minimum atomic E-state index is 0.519. The lowest BCUT2D eigenvalue weighted by Crippen LogP contribution is -2.38. The second kappa shape index (κ2) is 7.46. The maximum Gasteiger partial charge on any atom is 0.0131 e. The number of hydrogen-bond donors (Lipinski definition) is 2. The van der Waals surface area contributed by atoms with Crippen molar-refractivity contribution in [3.8, 4) is 0 Å². The van der Waals surface area contributed by atoms with E-state index < -0.39 is 0 Å². The zero-order chi connectivity index (χ0) is 12.7. The monoisotopic (exact) mass is 234 g/mol. The maximum atomic E-state index is 5.55. The van der Waals surface area contributed by atoms with E-state index in [2.05, 4.69) is 50.4 Å². The number of hydrogen-bond acceptors (Lipinski definition) is 2. The summed E-state index contributed by atoms with van der Waals surface area (Å²) in [4.78, 5) is 0.